The van der Waals surface area contributed by atoms with E-state index in [9.17, 15) is 9.59 Å². The number of nitrogens with one attached hydrogen (secondary N) is 1. The molecule has 130 valence electrons. The number of rotatable bonds is 5. The summed E-state index contributed by atoms with van der Waals surface area (Å²) >= 11 is 1.15. The predicted molar refractivity (Wildman–Crippen MR) is 95.1 cm³/mol. The number of carboxylic acids is 1. The number of hydrogen-bond acceptors (Lipinski definition) is 5. The van der Waals surface area contributed by atoms with Crippen molar-refractivity contribution in [3.05, 3.63) is 45.4 Å². The Morgan fingerprint density at radius 3 is 2.76 bits per heavy atom. The Bertz CT molecular complexity index is 958. The quantitative estimate of drug-likeness (QED) is 0.731. The highest BCUT2D eigenvalue weighted by molar-refractivity contribution is 7.13. The number of nitrogens with zero attached hydrogens (tertiary/aromatic N) is 3. The SMILES string of the molecule is Cc1nc2c(cnn2C(C)C)cc1C(=O)NCc1ccc(C(=O)O)s1. The molecule has 3 rings (SSSR count). The molecule has 3 aromatic rings. The van der Waals surface area contributed by atoms with Gasteiger partial charge in [-0.2, -0.15) is 5.10 Å². The van der Waals surface area contributed by atoms with Crippen molar-refractivity contribution in [1.29, 1.82) is 0 Å². The van der Waals surface area contributed by atoms with Crippen molar-refractivity contribution in [3.8, 4) is 0 Å². The number of carboxylic acid groups (broad SMARTS) is 1. The highest BCUT2D eigenvalue weighted by atomic mass is 32.1. The first kappa shape index (κ1) is 17.1. The van der Waals surface area contributed by atoms with Crippen molar-refractivity contribution in [1.82, 2.24) is 20.1 Å². The standard InChI is InChI=1S/C17H18N4O3S/c1-9(2)21-15-11(7-19-21)6-13(10(3)20-15)16(22)18-8-12-4-5-14(25-12)17(23)24/h4-7,9H,8H2,1-3H3,(H,18,22)(H,23,24). The van der Waals surface area contributed by atoms with Crippen LogP contribution in [-0.2, 0) is 6.54 Å². The number of amides is 1. The molecule has 0 aliphatic rings. The summed E-state index contributed by atoms with van der Waals surface area (Å²) in [5, 5.41) is 16.9. The van der Waals surface area contributed by atoms with Gasteiger partial charge in [-0.05, 0) is 39.0 Å². The number of aryl methyl sites for hydroxylation is 1. The van der Waals surface area contributed by atoms with E-state index < -0.39 is 5.97 Å². The number of carbonyl (C=O) groups is 2. The van der Waals surface area contributed by atoms with Gasteiger partial charge in [0.15, 0.2) is 5.65 Å². The Balaban J connectivity index is 1.79. The fraction of sp³-hybridized carbons (Fsp3) is 0.294. The van der Waals surface area contributed by atoms with Crippen LogP contribution in [0.25, 0.3) is 11.0 Å². The third-order valence-electron chi connectivity index (χ3n) is 3.79. The van der Waals surface area contributed by atoms with Gasteiger partial charge in [0.05, 0.1) is 24.0 Å². The minimum Gasteiger partial charge on any atom is -0.477 e. The summed E-state index contributed by atoms with van der Waals surface area (Å²) < 4.78 is 1.82. The molecular formula is C17H18N4O3S. The first-order valence-corrected chi connectivity index (χ1v) is 8.63. The molecule has 3 heterocycles. The third-order valence-corrected chi connectivity index (χ3v) is 4.86. The highest BCUT2D eigenvalue weighted by Crippen LogP contribution is 2.20. The Morgan fingerprint density at radius 2 is 2.12 bits per heavy atom. The van der Waals surface area contributed by atoms with E-state index >= 15 is 0 Å². The zero-order valence-corrected chi connectivity index (χ0v) is 14.9. The van der Waals surface area contributed by atoms with Crippen LogP contribution in [0.2, 0.25) is 0 Å². The number of aromatic nitrogens is 3. The van der Waals surface area contributed by atoms with Crippen molar-refractivity contribution < 1.29 is 14.7 Å². The van der Waals surface area contributed by atoms with E-state index in [0.717, 1.165) is 27.2 Å². The molecule has 0 aromatic carbocycles. The lowest BCUT2D eigenvalue weighted by molar-refractivity contribution is 0.0702. The van der Waals surface area contributed by atoms with Crippen LogP contribution in [0.5, 0.6) is 0 Å². The van der Waals surface area contributed by atoms with Crippen molar-refractivity contribution in [3.63, 3.8) is 0 Å². The lowest BCUT2D eigenvalue weighted by Crippen LogP contribution is -2.23. The molecule has 0 aliphatic heterocycles. The molecule has 0 bridgehead atoms. The molecular weight excluding hydrogens is 340 g/mol. The predicted octanol–water partition coefficient (Wildman–Crippen LogP) is 3.01. The molecule has 1 amide bonds. The maximum atomic E-state index is 12.5. The largest absolute Gasteiger partial charge is 0.477 e. The number of fused-ring (bicyclic) bond motifs is 1. The summed E-state index contributed by atoms with van der Waals surface area (Å²) in [5.74, 6) is -1.20. The van der Waals surface area contributed by atoms with Crippen LogP contribution >= 0.6 is 11.3 Å². The summed E-state index contributed by atoms with van der Waals surface area (Å²) in [6.07, 6.45) is 1.71. The van der Waals surface area contributed by atoms with E-state index in [0.29, 0.717) is 11.3 Å². The smallest absolute Gasteiger partial charge is 0.345 e. The molecule has 0 fully saturated rings. The monoisotopic (exact) mass is 358 g/mol. The molecule has 0 atom stereocenters. The number of hydrogen-bond donors (Lipinski definition) is 2. The second kappa shape index (κ2) is 6.64. The van der Waals surface area contributed by atoms with Crippen molar-refractivity contribution in [2.24, 2.45) is 0 Å². The molecule has 0 radical (unpaired) electrons. The van der Waals surface area contributed by atoms with E-state index in [1.165, 1.54) is 6.07 Å². The first-order valence-electron chi connectivity index (χ1n) is 7.82. The van der Waals surface area contributed by atoms with Gasteiger partial charge in [-0.3, -0.25) is 4.79 Å². The zero-order chi connectivity index (χ0) is 18.1. The Hall–Kier alpha value is -2.74. The van der Waals surface area contributed by atoms with Crippen LogP contribution < -0.4 is 5.32 Å². The van der Waals surface area contributed by atoms with Gasteiger partial charge >= 0.3 is 5.97 Å². The van der Waals surface area contributed by atoms with Crippen LogP contribution in [-0.4, -0.2) is 31.7 Å². The molecule has 0 saturated heterocycles. The van der Waals surface area contributed by atoms with Crippen LogP contribution in [0, 0.1) is 6.92 Å². The maximum absolute atomic E-state index is 12.5. The average Bonchev–Trinajstić information content (AvgIpc) is 3.18. The van der Waals surface area contributed by atoms with Gasteiger partial charge in [-0.25, -0.2) is 14.5 Å². The number of carbonyl (C=O) groups excluding carboxylic acids is 1. The summed E-state index contributed by atoms with van der Waals surface area (Å²) in [6, 6.07) is 5.21. The zero-order valence-electron chi connectivity index (χ0n) is 14.1. The topological polar surface area (TPSA) is 97.1 Å². The number of pyridine rings is 1. The van der Waals surface area contributed by atoms with Crippen molar-refractivity contribution in [2.75, 3.05) is 0 Å². The number of thiophene rings is 1. The lowest BCUT2D eigenvalue weighted by Gasteiger charge is -2.09. The normalized spacial score (nSPS) is 11.2. The Labute approximate surface area is 148 Å². The minimum absolute atomic E-state index is 0.186. The average molecular weight is 358 g/mol. The van der Waals surface area contributed by atoms with Gasteiger partial charge in [0, 0.05) is 16.3 Å². The van der Waals surface area contributed by atoms with Gasteiger partial charge in [-0.15, -0.1) is 11.3 Å². The van der Waals surface area contributed by atoms with E-state index in [2.05, 4.69) is 15.4 Å². The first-order chi connectivity index (χ1) is 11.9. The Kier molecular flexibility index (Phi) is 4.54. The van der Waals surface area contributed by atoms with E-state index in [-0.39, 0.29) is 23.4 Å². The summed E-state index contributed by atoms with van der Waals surface area (Å²) in [7, 11) is 0. The number of aromatic carboxylic acids is 1. The fourth-order valence-electron chi connectivity index (χ4n) is 2.52. The summed E-state index contributed by atoms with van der Waals surface area (Å²) in [4.78, 5) is 28.9. The van der Waals surface area contributed by atoms with Crippen LogP contribution in [0.1, 0.15) is 50.5 Å². The molecule has 2 N–H and O–H groups in total. The van der Waals surface area contributed by atoms with Gasteiger partial charge in [0.2, 0.25) is 0 Å². The van der Waals surface area contributed by atoms with Gasteiger partial charge in [0.1, 0.15) is 4.88 Å². The molecule has 25 heavy (non-hydrogen) atoms. The highest BCUT2D eigenvalue weighted by Gasteiger charge is 2.15. The second-order valence-corrected chi connectivity index (χ2v) is 7.14. The molecule has 0 aliphatic carbocycles. The molecule has 0 unspecified atom stereocenters. The van der Waals surface area contributed by atoms with Crippen molar-refractivity contribution >= 4 is 34.2 Å². The molecule has 3 aromatic heterocycles. The summed E-state index contributed by atoms with van der Waals surface area (Å²) in [6.45, 7) is 6.12. The Morgan fingerprint density at radius 1 is 1.36 bits per heavy atom. The fourth-order valence-corrected chi connectivity index (χ4v) is 3.31. The third kappa shape index (κ3) is 3.39. The molecule has 0 saturated carbocycles. The van der Waals surface area contributed by atoms with Gasteiger partial charge < -0.3 is 10.4 Å². The second-order valence-electron chi connectivity index (χ2n) is 5.97. The molecule has 8 heteroatoms. The van der Waals surface area contributed by atoms with Gasteiger partial charge in [0.25, 0.3) is 5.91 Å². The van der Waals surface area contributed by atoms with Crippen molar-refractivity contribution in [2.45, 2.75) is 33.4 Å². The minimum atomic E-state index is -0.963. The maximum Gasteiger partial charge on any atom is 0.345 e. The summed E-state index contributed by atoms with van der Waals surface area (Å²) in [5.41, 5.74) is 1.88. The van der Waals surface area contributed by atoms with E-state index in [1.54, 1.807) is 25.3 Å². The van der Waals surface area contributed by atoms with Gasteiger partial charge in [-0.1, -0.05) is 0 Å². The lowest BCUT2D eigenvalue weighted by atomic mass is 10.1. The molecule has 0 spiro atoms. The molecule has 7 nitrogen and oxygen atoms in total. The van der Waals surface area contributed by atoms with Crippen LogP contribution in [0.15, 0.2) is 24.4 Å². The van der Waals surface area contributed by atoms with E-state index in [4.69, 9.17) is 5.11 Å². The van der Waals surface area contributed by atoms with Crippen LogP contribution in [0.4, 0.5) is 0 Å². The van der Waals surface area contributed by atoms with E-state index in [1.807, 2.05) is 18.5 Å². The van der Waals surface area contributed by atoms with Crippen LogP contribution in [0.3, 0.4) is 0 Å².